The van der Waals surface area contributed by atoms with Crippen molar-refractivity contribution in [1.29, 1.82) is 0 Å². The molecule has 1 aliphatic heterocycles. The minimum atomic E-state index is -0.261. The fourth-order valence-electron chi connectivity index (χ4n) is 2.34. The van der Waals surface area contributed by atoms with E-state index in [9.17, 15) is 4.79 Å². The number of rotatable bonds is 3. The van der Waals surface area contributed by atoms with E-state index in [1.807, 2.05) is 5.38 Å². The number of hydrogen-bond acceptors (Lipinski definition) is 7. The van der Waals surface area contributed by atoms with Crippen LogP contribution in [-0.4, -0.2) is 28.0 Å². The molecule has 110 valence electrons. The molecule has 0 atom stereocenters. The number of nitrogens with one attached hydrogen (secondary N) is 1. The smallest absolute Gasteiger partial charge is 0.280 e. The second-order valence-corrected chi connectivity index (χ2v) is 5.76. The van der Waals surface area contributed by atoms with Crippen LogP contribution < -0.4 is 10.5 Å². The summed E-state index contributed by atoms with van der Waals surface area (Å²) in [6.45, 7) is 3.57. The van der Waals surface area contributed by atoms with Gasteiger partial charge < -0.3 is 9.88 Å². The third kappa shape index (κ3) is 3.15. The molecule has 2 aromatic rings. The van der Waals surface area contributed by atoms with Gasteiger partial charge in [0.1, 0.15) is 5.82 Å². The Kier molecular flexibility index (Phi) is 4.05. The van der Waals surface area contributed by atoms with Gasteiger partial charge in [-0.05, 0) is 26.2 Å². The molecule has 0 unspecified atom stereocenters. The standard InChI is InChI=1S/C13H16N6OS/c1-9-15-11(19-6-3-2-4-7-19)10(12(20)16-9)17-18-13-14-5-8-21-13/h5,8H,2-4,6-7H2,1H3,(H,15,16,20). The first-order chi connectivity index (χ1) is 10.2. The Labute approximate surface area is 125 Å². The Hall–Kier alpha value is -2.09. The van der Waals surface area contributed by atoms with Crippen LogP contribution in [0.2, 0.25) is 0 Å². The van der Waals surface area contributed by atoms with Gasteiger partial charge in [0.2, 0.25) is 5.13 Å². The van der Waals surface area contributed by atoms with E-state index >= 15 is 0 Å². The van der Waals surface area contributed by atoms with Crippen LogP contribution in [0.25, 0.3) is 0 Å². The summed E-state index contributed by atoms with van der Waals surface area (Å²) >= 11 is 1.37. The molecule has 3 rings (SSSR count). The highest BCUT2D eigenvalue weighted by Crippen LogP contribution is 2.27. The number of aryl methyl sites for hydroxylation is 1. The van der Waals surface area contributed by atoms with Gasteiger partial charge in [0.15, 0.2) is 11.5 Å². The average Bonchev–Trinajstić information content (AvgIpc) is 3.00. The number of piperidine rings is 1. The van der Waals surface area contributed by atoms with E-state index in [1.54, 1.807) is 13.1 Å². The number of aromatic amines is 1. The average molecular weight is 304 g/mol. The molecule has 7 nitrogen and oxygen atoms in total. The van der Waals surface area contributed by atoms with E-state index in [4.69, 9.17) is 0 Å². The van der Waals surface area contributed by atoms with E-state index in [0.29, 0.717) is 16.8 Å². The highest BCUT2D eigenvalue weighted by Gasteiger charge is 2.19. The maximum absolute atomic E-state index is 12.2. The quantitative estimate of drug-likeness (QED) is 0.883. The summed E-state index contributed by atoms with van der Waals surface area (Å²) in [6.07, 6.45) is 5.09. The van der Waals surface area contributed by atoms with Crippen LogP contribution >= 0.6 is 11.3 Å². The van der Waals surface area contributed by atoms with Crippen LogP contribution in [-0.2, 0) is 0 Å². The minimum absolute atomic E-state index is 0.261. The Bertz CT molecular complexity index is 687. The summed E-state index contributed by atoms with van der Waals surface area (Å²) in [5.41, 5.74) is 0.001000. The van der Waals surface area contributed by atoms with Crippen molar-refractivity contribution in [3.05, 3.63) is 27.8 Å². The molecule has 1 aliphatic rings. The third-order valence-electron chi connectivity index (χ3n) is 3.31. The molecule has 1 saturated heterocycles. The molecule has 3 heterocycles. The normalized spacial score (nSPS) is 15.8. The van der Waals surface area contributed by atoms with Gasteiger partial charge in [0, 0.05) is 24.7 Å². The fraction of sp³-hybridized carbons (Fsp3) is 0.462. The second-order valence-electron chi connectivity index (χ2n) is 4.89. The summed E-state index contributed by atoms with van der Waals surface area (Å²) in [6, 6.07) is 0. The first-order valence-corrected chi connectivity index (χ1v) is 7.79. The van der Waals surface area contributed by atoms with Gasteiger partial charge in [-0.2, -0.15) is 0 Å². The molecule has 0 amide bonds. The van der Waals surface area contributed by atoms with Crippen LogP contribution in [0.3, 0.4) is 0 Å². The molecule has 0 radical (unpaired) electrons. The van der Waals surface area contributed by atoms with Crippen molar-refractivity contribution in [2.24, 2.45) is 10.2 Å². The lowest BCUT2D eigenvalue weighted by atomic mass is 10.1. The van der Waals surface area contributed by atoms with Gasteiger partial charge in [0.25, 0.3) is 5.56 Å². The van der Waals surface area contributed by atoms with E-state index < -0.39 is 0 Å². The number of aromatic nitrogens is 3. The van der Waals surface area contributed by atoms with E-state index in [-0.39, 0.29) is 11.2 Å². The molecule has 2 aromatic heterocycles. The van der Waals surface area contributed by atoms with Gasteiger partial charge >= 0.3 is 0 Å². The van der Waals surface area contributed by atoms with Crippen molar-refractivity contribution in [3.8, 4) is 0 Å². The largest absolute Gasteiger partial charge is 0.355 e. The monoisotopic (exact) mass is 304 g/mol. The topological polar surface area (TPSA) is 86.6 Å². The lowest BCUT2D eigenvalue weighted by Crippen LogP contribution is -2.31. The van der Waals surface area contributed by atoms with Crippen LogP contribution in [0, 0.1) is 6.92 Å². The van der Waals surface area contributed by atoms with E-state index in [1.165, 1.54) is 17.8 Å². The number of nitrogens with zero attached hydrogens (tertiary/aromatic N) is 5. The molecule has 0 aliphatic carbocycles. The first-order valence-electron chi connectivity index (χ1n) is 6.91. The van der Waals surface area contributed by atoms with E-state index in [0.717, 1.165) is 25.9 Å². The van der Waals surface area contributed by atoms with Crippen LogP contribution in [0.4, 0.5) is 16.6 Å². The molecule has 8 heteroatoms. The Morgan fingerprint density at radius 3 is 2.81 bits per heavy atom. The Balaban J connectivity index is 1.99. The zero-order valence-corrected chi connectivity index (χ0v) is 12.6. The molecule has 0 spiro atoms. The number of H-pyrrole nitrogens is 1. The molecular formula is C13H16N6OS. The summed E-state index contributed by atoms with van der Waals surface area (Å²) in [5.74, 6) is 1.21. The summed E-state index contributed by atoms with van der Waals surface area (Å²) in [7, 11) is 0. The van der Waals surface area contributed by atoms with Crippen molar-refractivity contribution in [2.45, 2.75) is 26.2 Å². The van der Waals surface area contributed by atoms with Gasteiger partial charge in [-0.1, -0.05) is 0 Å². The Morgan fingerprint density at radius 1 is 1.29 bits per heavy atom. The van der Waals surface area contributed by atoms with E-state index in [2.05, 4.69) is 30.1 Å². The lowest BCUT2D eigenvalue weighted by molar-refractivity contribution is 0.572. The summed E-state index contributed by atoms with van der Waals surface area (Å²) < 4.78 is 0. The molecular weight excluding hydrogens is 288 g/mol. The summed E-state index contributed by atoms with van der Waals surface area (Å²) in [5, 5.41) is 10.5. The number of anilines is 1. The number of hydrogen-bond donors (Lipinski definition) is 1. The SMILES string of the molecule is Cc1nc(N2CCCCC2)c(N=Nc2nccs2)c(=O)[nH]1. The molecule has 1 fully saturated rings. The van der Waals surface area contributed by atoms with Gasteiger partial charge in [-0.15, -0.1) is 21.6 Å². The van der Waals surface area contributed by atoms with Gasteiger partial charge in [-0.25, -0.2) is 9.97 Å². The van der Waals surface area contributed by atoms with Crippen molar-refractivity contribution in [2.75, 3.05) is 18.0 Å². The Morgan fingerprint density at radius 2 is 2.10 bits per heavy atom. The third-order valence-corrected chi connectivity index (χ3v) is 3.96. The maximum Gasteiger partial charge on any atom is 0.280 e. The molecule has 0 bridgehead atoms. The molecule has 0 saturated carbocycles. The number of thiazole rings is 1. The fourth-order valence-corrected chi connectivity index (χ4v) is 2.79. The van der Waals surface area contributed by atoms with Crippen molar-refractivity contribution in [3.63, 3.8) is 0 Å². The predicted octanol–water partition coefficient (Wildman–Crippen LogP) is 2.94. The van der Waals surface area contributed by atoms with Crippen molar-refractivity contribution >= 4 is 28.0 Å². The zero-order valence-electron chi connectivity index (χ0n) is 11.7. The maximum atomic E-state index is 12.2. The second kappa shape index (κ2) is 6.13. The van der Waals surface area contributed by atoms with Gasteiger partial charge in [-0.3, -0.25) is 4.79 Å². The zero-order chi connectivity index (χ0) is 14.7. The first kappa shape index (κ1) is 13.9. The van der Waals surface area contributed by atoms with Crippen LogP contribution in [0.5, 0.6) is 0 Å². The number of azo groups is 1. The van der Waals surface area contributed by atoms with Gasteiger partial charge in [0.05, 0.1) is 0 Å². The van der Waals surface area contributed by atoms with Crippen molar-refractivity contribution in [1.82, 2.24) is 15.0 Å². The van der Waals surface area contributed by atoms with Crippen LogP contribution in [0.1, 0.15) is 25.1 Å². The molecule has 1 N–H and O–H groups in total. The summed E-state index contributed by atoms with van der Waals surface area (Å²) in [4.78, 5) is 25.5. The van der Waals surface area contributed by atoms with Crippen molar-refractivity contribution < 1.29 is 0 Å². The highest BCUT2D eigenvalue weighted by atomic mass is 32.1. The minimum Gasteiger partial charge on any atom is -0.355 e. The molecule has 21 heavy (non-hydrogen) atoms. The highest BCUT2D eigenvalue weighted by molar-refractivity contribution is 7.13. The molecule has 0 aromatic carbocycles. The van der Waals surface area contributed by atoms with Crippen LogP contribution in [0.15, 0.2) is 26.6 Å². The predicted molar refractivity (Wildman–Crippen MR) is 81.9 cm³/mol. The lowest BCUT2D eigenvalue weighted by Gasteiger charge is -2.28.